The highest BCUT2D eigenvalue weighted by molar-refractivity contribution is 7.89. The second-order valence-corrected chi connectivity index (χ2v) is 8.73. The Balaban J connectivity index is 1.86. The lowest BCUT2D eigenvalue weighted by atomic mass is 9.94. The molecule has 2 atom stereocenters. The zero-order chi connectivity index (χ0) is 19.6. The number of nitrogens with zero attached hydrogens (tertiary/aromatic N) is 1. The summed E-state index contributed by atoms with van der Waals surface area (Å²) >= 11 is 0. The number of hydrogen-bond acceptors (Lipinski definition) is 4. The Hall–Kier alpha value is -2.22. The molecule has 0 aliphatic carbocycles. The van der Waals surface area contributed by atoms with Crippen molar-refractivity contribution in [2.24, 2.45) is 0 Å². The normalized spacial score (nSPS) is 17.7. The molecule has 2 aromatic carbocycles. The lowest BCUT2D eigenvalue weighted by Gasteiger charge is -2.17. The maximum atomic E-state index is 12.7. The van der Waals surface area contributed by atoms with E-state index in [1.165, 1.54) is 4.31 Å². The van der Waals surface area contributed by atoms with Crippen molar-refractivity contribution in [2.45, 2.75) is 30.3 Å². The molecule has 1 heterocycles. The van der Waals surface area contributed by atoms with Gasteiger partial charge in [0.05, 0.1) is 23.5 Å². The van der Waals surface area contributed by atoms with Gasteiger partial charge < -0.3 is 9.84 Å². The van der Waals surface area contributed by atoms with Crippen molar-refractivity contribution in [1.29, 1.82) is 0 Å². The number of ether oxygens (including phenoxy) is 1. The molecule has 1 aliphatic heterocycles. The highest BCUT2D eigenvalue weighted by atomic mass is 32.2. The van der Waals surface area contributed by atoms with Crippen LogP contribution in [-0.2, 0) is 19.6 Å². The van der Waals surface area contributed by atoms with Crippen molar-refractivity contribution in [1.82, 2.24) is 4.31 Å². The van der Waals surface area contributed by atoms with Gasteiger partial charge in [-0.15, -0.1) is 0 Å². The van der Waals surface area contributed by atoms with Crippen molar-refractivity contribution in [3.63, 3.8) is 0 Å². The van der Waals surface area contributed by atoms with Crippen LogP contribution in [0.5, 0.6) is 0 Å². The fourth-order valence-electron chi connectivity index (χ4n) is 3.04. The highest BCUT2D eigenvalue weighted by Crippen LogP contribution is 2.27. The van der Waals surface area contributed by atoms with Crippen LogP contribution in [0.15, 0.2) is 53.4 Å². The molecule has 0 aromatic heterocycles. The highest BCUT2D eigenvalue weighted by Gasteiger charge is 2.30. The minimum Gasteiger partial charge on any atom is -0.481 e. The smallest absolute Gasteiger partial charge is 0.310 e. The Morgan fingerprint density at radius 3 is 2.44 bits per heavy atom. The number of hydrogen-bond donors (Lipinski definition) is 1. The van der Waals surface area contributed by atoms with Gasteiger partial charge in [-0.25, -0.2) is 8.42 Å². The number of sulfonamides is 1. The van der Waals surface area contributed by atoms with E-state index in [9.17, 15) is 18.3 Å². The summed E-state index contributed by atoms with van der Waals surface area (Å²) in [6.07, 6.45) is 0.501. The molecule has 0 spiro atoms. The number of rotatable bonds is 8. The van der Waals surface area contributed by atoms with E-state index in [0.717, 1.165) is 16.7 Å². The van der Waals surface area contributed by atoms with Crippen molar-refractivity contribution < 1.29 is 23.1 Å². The molecule has 1 N–H and O–H groups in total. The number of carboxylic acids is 1. The predicted octanol–water partition coefficient (Wildman–Crippen LogP) is 2.95. The first kappa shape index (κ1) is 19.5. The van der Waals surface area contributed by atoms with E-state index in [1.807, 2.05) is 25.1 Å². The average Bonchev–Trinajstić information content (AvgIpc) is 3.46. The van der Waals surface area contributed by atoms with E-state index in [2.05, 4.69) is 0 Å². The Bertz CT molecular complexity index is 920. The average molecular weight is 389 g/mol. The molecule has 6 nitrogen and oxygen atoms in total. The first-order valence-electron chi connectivity index (χ1n) is 8.84. The van der Waals surface area contributed by atoms with Crippen LogP contribution in [0.1, 0.15) is 24.8 Å². The van der Waals surface area contributed by atoms with Crippen LogP contribution < -0.4 is 0 Å². The van der Waals surface area contributed by atoms with E-state index >= 15 is 0 Å². The van der Waals surface area contributed by atoms with Gasteiger partial charge in [-0.3, -0.25) is 4.79 Å². The fraction of sp³-hybridized carbons (Fsp3) is 0.350. The third-order valence-electron chi connectivity index (χ3n) is 4.76. The Morgan fingerprint density at radius 1 is 1.22 bits per heavy atom. The summed E-state index contributed by atoms with van der Waals surface area (Å²) in [7, 11) is -2.03. The Kier molecular flexibility index (Phi) is 5.64. The number of carboxylic acid groups (broad SMARTS) is 1. The largest absolute Gasteiger partial charge is 0.481 e. The minimum atomic E-state index is -3.59. The monoisotopic (exact) mass is 389 g/mol. The van der Waals surface area contributed by atoms with Gasteiger partial charge in [0.2, 0.25) is 10.0 Å². The molecule has 0 radical (unpaired) electrons. The lowest BCUT2D eigenvalue weighted by Crippen LogP contribution is -2.30. The molecule has 3 rings (SSSR count). The van der Waals surface area contributed by atoms with Gasteiger partial charge in [-0.2, -0.15) is 4.31 Å². The molecule has 1 unspecified atom stereocenters. The Morgan fingerprint density at radius 2 is 1.89 bits per heavy atom. The summed E-state index contributed by atoms with van der Waals surface area (Å²) in [5, 5.41) is 9.28. The lowest BCUT2D eigenvalue weighted by molar-refractivity contribution is -0.138. The van der Waals surface area contributed by atoms with Crippen molar-refractivity contribution >= 4 is 16.0 Å². The molecule has 7 heteroatoms. The van der Waals surface area contributed by atoms with Crippen LogP contribution in [0.3, 0.4) is 0 Å². The number of benzene rings is 2. The number of likely N-dealkylation sites (N-methyl/N-ethyl adjacent to an activating group) is 1. The van der Waals surface area contributed by atoms with Crippen LogP contribution in [0.4, 0.5) is 0 Å². The summed E-state index contributed by atoms with van der Waals surface area (Å²) in [6, 6.07) is 14.0. The van der Waals surface area contributed by atoms with Gasteiger partial charge in [0, 0.05) is 13.6 Å². The molecule has 2 aromatic rings. The van der Waals surface area contributed by atoms with Crippen LogP contribution in [0, 0.1) is 0 Å². The van der Waals surface area contributed by atoms with E-state index in [-0.39, 0.29) is 11.0 Å². The summed E-state index contributed by atoms with van der Waals surface area (Å²) in [5.41, 5.74) is 2.34. The quantitative estimate of drug-likeness (QED) is 0.702. The molecule has 27 heavy (non-hydrogen) atoms. The van der Waals surface area contributed by atoms with E-state index in [1.54, 1.807) is 37.4 Å². The van der Waals surface area contributed by atoms with Crippen LogP contribution >= 0.6 is 0 Å². The number of epoxide rings is 1. The Labute approximate surface area is 159 Å². The molecule has 0 saturated carbocycles. The summed E-state index contributed by atoms with van der Waals surface area (Å²) in [5.74, 6) is -1.38. The van der Waals surface area contributed by atoms with Crippen molar-refractivity contribution in [2.75, 3.05) is 20.2 Å². The predicted molar refractivity (Wildman–Crippen MR) is 102 cm³/mol. The molecule has 1 saturated heterocycles. The molecule has 0 bridgehead atoms. The third-order valence-corrected chi connectivity index (χ3v) is 6.58. The first-order chi connectivity index (χ1) is 12.8. The second-order valence-electron chi connectivity index (χ2n) is 6.69. The van der Waals surface area contributed by atoms with Gasteiger partial charge in [-0.05, 0) is 35.2 Å². The van der Waals surface area contributed by atoms with Crippen LogP contribution in [-0.4, -0.2) is 50.1 Å². The number of aliphatic carboxylic acids is 1. The summed E-state index contributed by atoms with van der Waals surface area (Å²) < 4.78 is 31.9. The van der Waals surface area contributed by atoms with Crippen LogP contribution in [0.2, 0.25) is 0 Å². The van der Waals surface area contributed by atoms with E-state index in [0.29, 0.717) is 19.6 Å². The molecule has 0 amide bonds. The topological polar surface area (TPSA) is 87.2 Å². The molecule has 144 valence electrons. The molecule has 1 aliphatic rings. The SMILES string of the molecule is CC[C@H](C(=O)O)c1ccc(-c2cccc(S(=O)(=O)N(C)CC3CO3)c2)cc1. The zero-order valence-corrected chi connectivity index (χ0v) is 16.1. The summed E-state index contributed by atoms with van der Waals surface area (Å²) in [6.45, 7) is 2.78. The van der Waals surface area contributed by atoms with Crippen molar-refractivity contribution in [3.05, 3.63) is 54.1 Å². The van der Waals surface area contributed by atoms with Gasteiger partial charge >= 0.3 is 5.97 Å². The van der Waals surface area contributed by atoms with Gasteiger partial charge in [-0.1, -0.05) is 43.3 Å². The number of carbonyl (C=O) groups is 1. The van der Waals surface area contributed by atoms with Crippen molar-refractivity contribution in [3.8, 4) is 11.1 Å². The fourth-order valence-corrected chi connectivity index (χ4v) is 4.28. The molecule has 1 fully saturated rings. The molecular weight excluding hydrogens is 366 g/mol. The maximum absolute atomic E-state index is 12.7. The van der Waals surface area contributed by atoms with E-state index in [4.69, 9.17) is 4.74 Å². The van der Waals surface area contributed by atoms with Gasteiger partial charge in [0.25, 0.3) is 0 Å². The van der Waals surface area contributed by atoms with Gasteiger partial charge in [0.15, 0.2) is 0 Å². The summed E-state index contributed by atoms with van der Waals surface area (Å²) in [4.78, 5) is 11.5. The second kappa shape index (κ2) is 7.80. The zero-order valence-electron chi connectivity index (χ0n) is 15.3. The molecular formula is C20H23NO5S. The standard InChI is InChI=1S/C20H23NO5S/c1-3-19(20(22)23)15-9-7-14(8-10-15)16-5-4-6-18(11-16)27(24,25)21(2)12-17-13-26-17/h4-11,17,19H,3,12-13H2,1-2H3,(H,22,23)/t17?,19-/m0/s1. The third kappa shape index (κ3) is 4.37. The van der Waals surface area contributed by atoms with E-state index < -0.39 is 21.9 Å². The first-order valence-corrected chi connectivity index (χ1v) is 10.3. The van der Waals surface area contributed by atoms with Crippen LogP contribution in [0.25, 0.3) is 11.1 Å². The maximum Gasteiger partial charge on any atom is 0.310 e. The van der Waals surface area contributed by atoms with Gasteiger partial charge in [0.1, 0.15) is 0 Å². The minimum absolute atomic E-state index is 0.0127.